The van der Waals surface area contributed by atoms with Crippen molar-refractivity contribution in [2.75, 3.05) is 15.5 Å². The number of para-hydroxylation sites is 2. The molecular formula is C22H19N5O2S. The molecule has 30 heavy (non-hydrogen) atoms. The summed E-state index contributed by atoms with van der Waals surface area (Å²) in [4.78, 5) is 10.5. The first-order chi connectivity index (χ1) is 14.8. The van der Waals surface area contributed by atoms with E-state index in [4.69, 9.17) is 19.9 Å². The van der Waals surface area contributed by atoms with Gasteiger partial charge in [0.15, 0.2) is 11.6 Å². The molecule has 0 saturated heterocycles. The summed E-state index contributed by atoms with van der Waals surface area (Å²) in [5, 5.41) is 12.5. The minimum Gasteiger partial charge on any atom is -0.372 e. The number of fused-ring (bicyclic) bond motifs is 2. The van der Waals surface area contributed by atoms with E-state index in [1.165, 1.54) is 23.1 Å². The second-order valence-electron chi connectivity index (χ2n) is 6.85. The highest BCUT2D eigenvalue weighted by atomic mass is 32.2. The molecule has 7 nitrogen and oxygen atoms in total. The fourth-order valence-electron chi connectivity index (χ4n) is 3.28. The van der Waals surface area contributed by atoms with E-state index >= 15 is 0 Å². The number of hydrogen-bond acceptors (Lipinski definition) is 8. The van der Waals surface area contributed by atoms with Crippen LogP contribution in [-0.2, 0) is 18.0 Å². The summed E-state index contributed by atoms with van der Waals surface area (Å²) in [5.74, 6) is 1.26. The Morgan fingerprint density at radius 1 is 0.800 bits per heavy atom. The SMILES string of the molecule is ONc1cccc(SNc2nc3ccccc3nc2Nc2ccc3c(c2)COC3)c1. The predicted octanol–water partition coefficient (Wildman–Crippen LogP) is 5.32. The van der Waals surface area contributed by atoms with Gasteiger partial charge in [-0.25, -0.2) is 9.97 Å². The molecule has 1 aliphatic heterocycles. The molecule has 4 N–H and O–H groups in total. The molecule has 0 bridgehead atoms. The summed E-state index contributed by atoms with van der Waals surface area (Å²) in [7, 11) is 0. The first-order valence-electron chi connectivity index (χ1n) is 9.45. The molecular weight excluding hydrogens is 398 g/mol. The molecule has 8 heteroatoms. The molecule has 0 radical (unpaired) electrons. The van der Waals surface area contributed by atoms with Gasteiger partial charge in [-0.3, -0.25) is 10.7 Å². The number of nitrogens with one attached hydrogen (secondary N) is 3. The zero-order valence-electron chi connectivity index (χ0n) is 15.9. The third-order valence-electron chi connectivity index (χ3n) is 4.78. The molecule has 0 atom stereocenters. The summed E-state index contributed by atoms with van der Waals surface area (Å²) in [6.45, 7) is 1.29. The highest BCUT2D eigenvalue weighted by Gasteiger charge is 2.14. The molecule has 2 heterocycles. The highest BCUT2D eigenvalue weighted by molar-refractivity contribution is 8.00. The van der Waals surface area contributed by atoms with E-state index in [0.29, 0.717) is 30.5 Å². The number of nitrogens with zero attached hydrogens (tertiary/aromatic N) is 2. The number of benzene rings is 3. The minimum absolute atomic E-state index is 0.616. The van der Waals surface area contributed by atoms with Crippen LogP contribution in [0.1, 0.15) is 11.1 Å². The highest BCUT2D eigenvalue weighted by Crippen LogP contribution is 2.31. The number of ether oxygens (including phenoxy) is 1. The molecule has 1 aromatic heterocycles. The summed E-state index contributed by atoms with van der Waals surface area (Å²) in [5.41, 5.74) is 7.73. The van der Waals surface area contributed by atoms with Gasteiger partial charge in [-0.15, -0.1) is 0 Å². The maximum Gasteiger partial charge on any atom is 0.180 e. The van der Waals surface area contributed by atoms with Crippen LogP contribution in [0.4, 0.5) is 23.0 Å². The molecule has 0 unspecified atom stereocenters. The fourth-order valence-corrected chi connectivity index (χ4v) is 3.97. The van der Waals surface area contributed by atoms with E-state index in [-0.39, 0.29) is 0 Å². The van der Waals surface area contributed by atoms with Crippen molar-refractivity contribution in [2.45, 2.75) is 18.1 Å². The second-order valence-corrected chi connectivity index (χ2v) is 7.73. The van der Waals surface area contributed by atoms with Crippen LogP contribution in [0.15, 0.2) is 71.6 Å². The molecule has 150 valence electrons. The third-order valence-corrected chi connectivity index (χ3v) is 5.57. The lowest BCUT2D eigenvalue weighted by atomic mass is 10.1. The lowest BCUT2D eigenvalue weighted by Crippen LogP contribution is -2.02. The smallest absolute Gasteiger partial charge is 0.180 e. The molecule has 0 aliphatic carbocycles. The summed E-state index contributed by atoms with van der Waals surface area (Å²) < 4.78 is 8.81. The van der Waals surface area contributed by atoms with Crippen LogP contribution in [0, 0.1) is 0 Å². The summed E-state index contributed by atoms with van der Waals surface area (Å²) in [6.07, 6.45) is 0. The van der Waals surface area contributed by atoms with Gasteiger partial charge in [0.05, 0.1) is 29.9 Å². The van der Waals surface area contributed by atoms with Gasteiger partial charge in [-0.1, -0.05) is 24.3 Å². The average Bonchev–Trinajstić information content (AvgIpc) is 3.26. The van der Waals surface area contributed by atoms with Crippen LogP contribution >= 0.6 is 11.9 Å². The lowest BCUT2D eigenvalue weighted by molar-refractivity contribution is 0.134. The normalized spacial score (nSPS) is 12.6. The molecule has 0 amide bonds. The molecule has 4 aromatic rings. The van der Waals surface area contributed by atoms with E-state index in [1.807, 2.05) is 48.5 Å². The Balaban J connectivity index is 1.46. The predicted molar refractivity (Wildman–Crippen MR) is 119 cm³/mol. The van der Waals surface area contributed by atoms with Gasteiger partial charge < -0.3 is 14.8 Å². The van der Waals surface area contributed by atoms with Gasteiger partial charge in [0.1, 0.15) is 0 Å². The van der Waals surface area contributed by atoms with Gasteiger partial charge in [-0.05, 0) is 65.5 Å². The Hall–Kier alpha value is -3.33. The van der Waals surface area contributed by atoms with Crippen molar-refractivity contribution in [1.82, 2.24) is 9.97 Å². The Morgan fingerprint density at radius 2 is 1.60 bits per heavy atom. The van der Waals surface area contributed by atoms with E-state index < -0.39 is 0 Å². The standard InChI is InChI=1S/C22H19N5O2S/c28-26-17-4-3-5-18(11-17)30-27-22-21(24-19-6-1-2-7-20(19)25-22)23-16-9-8-14-12-29-13-15(14)10-16/h1-11,26,28H,12-13H2,(H,23,24)(H,25,27). The molecule has 3 aromatic carbocycles. The quantitative estimate of drug-likeness (QED) is 0.247. The third kappa shape index (κ3) is 3.88. The monoisotopic (exact) mass is 417 g/mol. The topological polar surface area (TPSA) is 91.3 Å². The summed E-state index contributed by atoms with van der Waals surface area (Å²) in [6, 6.07) is 21.4. The average molecular weight is 417 g/mol. The Morgan fingerprint density at radius 3 is 2.43 bits per heavy atom. The van der Waals surface area contributed by atoms with E-state index in [2.05, 4.69) is 27.7 Å². The van der Waals surface area contributed by atoms with Gasteiger partial charge in [0.2, 0.25) is 0 Å². The van der Waals surface area contributed by atoms with Crippen LogP contribution in [0.3, 0.4) is 0 Å². The molecule has 1 aliphatic rings. The van der Waals surface area contributed by atoms with Crippen molar-refractivity contribution in [3.8, 4) is 0 Å². The van der Waals surface area contributed by atoms with Crippen molar-refractivity contribution < 1.29 is 9.94 Å². The number of anilines is 4. The van der Waals surface area contributed by atoms with Gasteiger partial charge in [0, 0.05) is 10.6 Å². The number of rotatable bonds is 6. The first kappa shape index (κ1) is 18.7. The lowest BCUT2D eigenvalue weighted by Gasteiger charge is -2.14. The van der Waals surface area contributed by atoms with Crippen LogP contribution in [0.25, 0.3) is 11.0 Å². The van der Waals surface area contributed by atoms with E-state index in [9.17, 15) is 0 Å². The van der Waals surface area contributed by atoms with Crippen molar-refractivity contribution >= 4 is 46.0 Å². The number of aromatic nitrogens is 2. The second kappa shape index (κ2) is 8.19. The Bertz CT molecular complexity index is 1220. The van der Waals surface area contributed by atoms with Gasteiger partial charge in [-0.2, -0.15) is 0 Å². The maximum atomic E-state index is 9.12. The molecule has 0 fully saturated rings. The zero-order valence-corrected chi connectivity index (χ0v) is 16.7. The van der Waals surface area contributed by atoms with Crippen molar-refractivity contribution in [1.29, 1.82) is 0 Å². The van der Waals surface area contributed by atoms with Gasteiger partial charge >= 0.3 is 0 Å². The van der Waals surface area contributed by atoms with Crippen molar-refractivity contribution in [2.24, 2.45) is 0 Å². The molecule has 5 rings (SSSR count). The van der Waals surface area contributed by atoms with E-state index in [0.717, 1.165) is 21.6 Å². The molecule has 0 saturated carbocycles. The van der Waals surface area contributed by atoms with Crippen LogP contribution in [0.5, 0.6) is 0 Å². The number of hydrogen-bond donors (Lipinski definition) is 4. The van der Waals surface area contributed by atoms with Crippen molar-refractivity contribution in [3.05, 3.63) is 77.9 Å². The zero-order chi connectivity index (χ0) is 20.3. The van der Waals surface area contributed by atoms with Crippen molar-refractivity contribution in [3.63, 3.8) is 0 Å². The van der Waals surface area contributed by atoms with Gasteiger partial charge in [0.25, 0.3) is 0 Å². The fraction of sp³-hybridized carbons (Fsp3) is 0.0909. The Labute approximate surface area is 177 Å². The first-order valence-corrected chi connectivity index (χ1v) is 10.3. The van der Waals surface area contributed by atoms with Crippen LogP contribution < -0.4 is 15.5 Å². The largest absolute Gasteiger partial charge is 0.372 e. The minimum atomic E-state index is 0.616. The maximum absolute atomic E-state index is 9.12. The van der Waals surface area contributed by atoms with Crippen LogP contribution in [0.2, 0.25) is 0 Å². The van der Waals surface area contributed by atoms with Crippen LogP contribution in [-0.4, -0.2) is 15.2 Å². The van der Waals surface area contributed by atoms with E-state index in [1.54, 1.807) is 6.07 Å². The summed E-state index contributed by atoms with van der Waals surface area (Å²) >= 11 is 1.39. The Kier molecular flexibility index (Phi) is 5.10. The molecule has 0 spiro atoms.